The van der Waals surface area contributed by atoms with Crippen molar-refractivity contribution in [1.29, 1.82) is 0 Å². The minimum Gasteiger partial charge on any atom is -0.498 e. The van der Waals surface area contributed by atoms with Gasteiger partial charge in [0.2, 0.25) is 0 Å². The van der Waals surface area contributed by atoms with Gasteiger partial charge in [-0.15, -0.1) is 0 Å². The van der Waals surface area contributed by atoms with Crippen molar-refractivity contribution < 1.29 is 19.1 Å². The van der Waals surface area contributed by atoms with Crippen LogP contribution in [0.4, 0.5) is 0 Å². The Morgan fingerprint density at radius 2 is 1.80 bits per heavy atom. The molecule has 0 bridgehead atoms. The van der Waals surface area contributed by atoms with Gasteiger partial charge in [0.15, 0.2) is 7.85 Å². The van der Waals surface area contributed by atoms with Crippen LogP contribution >= 0.6 is 0 Å². The largest absolute Gasteiger partial charge is 0.498 e. The topological polar surface area (TPSA) is 76.7 Å². The molecule has 2 fully saturated rings. The highest BCUT2D eigenvalue weighted by Crippen LogP contribution is 2.47. The second-order valence-electron chi connectivity index (χ2n) is 8.67. The summed E-state index contributed by atoms with van der Waals surface area (Å²) in [6.07, 6.45) is 0. The van der Waals surface area contributed by atoms with Gasteiger partial charge in [-0.25, -0.2) is 0 Å². The van der Waals surface area contributed by atoms with Crippen molar-refractivity contribution in [2.24, 2.45) is 11.8 Å². The van der Waals surface area contributed by atoms with Gasteiger partial charge in [-0.3, -0.25) is 9.59 Å². The number of nitrogens with one attached hydrogen (secondary N) is 2. The molecular formula is C22H24B2N2O4. The lowest BCUT2D eigenvalue weighted by atomic mass is 9.53. The van der Waals surface area contributed by atoms with E-state index in [1.807, 2.05) is 32.1 Å². The SMILES string of the molecule is BC1Oc2c(C(=O)NC)cc(C(=O)N[C@H]3[C@@H]4COC[C@@H]43)cc2[C@]1(B)c1ccccc1. The minimum atomic E-state index is -0.473. The first-order chi connectivity index (χ1) is 14.4. The smallest absolute Gasteiger partial charge is 0.254 e. The summed E-state index contributed by atoms with van der Waals surface area (Å²) in [5.41, 5.74) is 2.83. The van der Waals surface area contributed by atoms with E-state index in [1.165, 1.54) is 0 Å². The molecule has 2 aliphatic heterocycles. The summed E-state index contributed by atoms with van der Waals surface area (Å²) in [6.45, 7) is 1.42. The maximum atomic E-state index is 13.1. The van der Waals surface area contributed by atoms with Crippen LogP contribution in [0, 0.1) is 11.8 Å². The first-order valence-corrected chi connectivity index (χ1v) is 10.5. The standard InChI is InChI=1S/C22H24B2N2O4/c1-25-20(28)13-7-11(19(27)26-17-14-9-29-10-15(14)17)8-16-18(13)30-21(23)22(16,24)12-5-3-2-4-6-12/h2-8,14-15,17,21H,9-10,23-24H2,1H3,(H,25,28)(H,26,27)/t14-,15+,17+,21?,22-/m1/s1. The quantitative estimate of drug-likeness (QED) is 0.686. The zero-order valence-electron chi connectivity index (χ0n) is 17.4. The summed E-state index contributed by atoms with van der Waals surface area (Å²) in [5, 5.41) is 5.34. The molecule has 5 atom stereocenters. The number of hydrogen-bond acceptors (Lipinski definition) is 4. The van der Waals surface area contributed by atoms with Gasteiger partial charge in [0.05, 0.1) is 24.8 Å². The highest BCUT2D eigenvalue weighted by molar-refractivity contribution is 6.27. The molecule has 2 heterocycles. The summed E-state index contributed by atoms with van der Waals surface area (Å²) in [6, 6.07) is 13.6. The molecule has 1 unspecified atom stereocenters. The summed E-state index contributed by atoms with van der Waals surface area (Å²) < 4.78 is 11.6. The summed E-state index contributed by atoms with van der Waals surface area (Å²) in [5.74, 6) is 0.973. The van der Waals surface area contributed by atoms with Crippen LogP contribution in [0.15, 0.2) is 42.5 Å². The highest BCUT2D eigenvalue weighted by atomic mass is 16.5. The first-order valence-electron chi connectivity index (χ1n) is 10.5. The number of benzene rings is 2. The van der Waals surface area contributed by atoms with Crippen molar-refractivity contribution in [1.82, 2.24) is 10.6 Å². The molecule has 0 aromatic heterocycles. The zero-order chi connectivity index (χ0) is 21.0. The number of carbonyl (C=O) groups is 2. The van der Waals surface area contributed by atoms with Crippen LogP contribution in [-0.2, 0) is 10.1 Å². The Kier molecular flexibility index (Phi) is 4.43. The lowest BCUT2D eigenvalue weighted by Gasteiger charge is -2.29. The molecule has 3 aliphatic rings. The van der Waals surface area contributed by atoms with Gasteiger partial charge in [0.1, 0.15) is 13.6 Å². The van der Waals surface area contributed by atoms with Crippen LogP contribution in [0.5, 0.6) is 5.75 Å². The zero-order valence-corrected chi connectivity index (χ0v) is 17.4. The van der Waals surface area contributed by atoms with E-state index in [0.29, 0.717) is 41.9 Å². The van der Waals surface area contributed by atoms with E-state index in [-0.39, 0.29) is 23.9 Å². The van der Waals surface area contributed by atoms with E-state index in [4.69, 9.17) is 9.47 Å². The van der Waals surface area contributed by atoms with Gasteiger partial charge in [-0.2, -0.15) is 0 Å². The summed E-state index contributed by atoms with van der Waals surface area (Å²) >= 11 is 0. The molecule has 152 valence electrons. The van der Waals surface area contributed by atoms with Crippen molar-refractivity contribution in [3.05, 3.63) is 64.7 Å². The molecule has 5 rings (SSSR count). The Morgan fingerprint density at radius 1 is 1.10 bits per heavy atom. The third-order valence-corrected chi connectivity index (χ3v) is 7.11. The van der Waals surface area contributed by atoms with Gasteiger partial charge in [-0.1, -0.05) is 30.3 Å². The molecule has 2 amide bonds. The molecule has 1 aliphatic carbocycles. The average Bonchev–Trinajstić information content (AvgIpc) is 3.09. The normalized spacial score (nSPS) is 30.7. The van der Waals surface area contributed by atoms with Gasteiger partial charge in [-0.05, 0) is 17.7 Å². The molecule has 0 radical (unpaired) electrons. The van der Waals surface area contributed by atoms with Crippen molar-refractivity contribution >= 4 is 27.5 Å². The van der Waals surface area contributed by atoms with E-state index in [1.54, 1.807) is 13.1 Å². The van der Waals surface area contributed by atoms with Crippen LogP contribution in [-0.4, -0.2) is 59.8 Å². The van der Waals surface area contributed by atoms with E-state index >= 15 is 0 Å². The van der Waals surface area contributed by atoms with Gasteiger partial charge in [0, 0.05) is 41.4 Å². The third-order valence-electron chi connectivity index (χ3n) is 7.11. The van der Waals surface area contributed by atoms with Crippen molar-refractivity contribution in [2.75, 3.05) is 20.3 Å². The fourth-order valence-corrected chi connectivity index (χ4v) is 4.95. The second kappa shape index (κ2) is 6.91. The number of hydrogen-bond donors (Lipinski definition) is 2. The molecule has 6 nitrogen and oxygen atoms in total. The van der Waals surface area contributed by atoms with Crippen molar-refractivity contribution in [3.8, 4) is 5.75 Å². The molecule has 2 aromatic rings. The molecule has 1 saturated carbocycles. The Balaban J connectivity index is 1.57. The Morgan fingerprint density at radius 3 is 2.47 bits per heavy atom. The maximum absolute atomic E-state index is 13.1. The van der Waals surface area contributed by atoms with Crippen LogP contribution in [0.25, 0.3) is 0 Å². The number of carbonyl (C=O) groups excluding carboxylic acids is 2. The van der Waals surface area contributed by atoms with Crippen LogP contribution in [0.2, 0.25) is 0 Å². The predicted octanol–water partition coefficient (Wildman–Crippen LogP) is -0.351. The maximum Gasteiger partial charge on any atom is 0.254 e. The van der Waals surface area contributed by atoms with Gasteiger partial charge < -0.3 is 20.1 Å². The highest BCUT2D eigenvalue weighted by Gasteiger charge is 2.55. The minimum absolute atomic E-state index is 0.155. The van der Waals surface area contributed by atoms with Crippen LogP contribution in [0.3, 0.4) is 0 Å². The second-order valence-corrected chi connectivity index (χ2v) is 8.67. The molecule has 8 heteroatoms. The Labute approximate surface area is 177 Å². The number of fused-ring (bicyclic) bond motifs is 2. The van der Waals surface area contributed by atoms with Gasteiger partial charge in [0.25, 0.3) is 11.8 Å². The van der Waals surface area contributed by atoms with Crippen molar-refractivity contribution in [3.63, 3.8) is 0 Å². The van der Waals surface area contributed by atoms with Crippen LogP contribution in [0.1, 0.15) is 31.8 Å². The number of amides is 2. The van der Waals surface area contributed by atoms with E-state index in [9.17, 15) is 9.59 Å². The van der Waals surface area contributed by atoms with Crippen LogP contribution < -0.4 is 15.4 Å². The lowest BCUT2D eigenvalue weighted by Crippen LogP contribution is -2.40. The molecule has 2 N–H and O–H groups in total. The molecule has 0 spiro atoms. The van der Waals surface area contributed by atoms with Crippen molar-refractivity contribution in [2.45, 2.75) is 17.4 Å². The fraction of sp³-hybridized carbons (Fsp3) is 0.364. The average molecular weight is 402 g/mol. The molecular weight excluding hydrogens is 378 g/mol. The summed E-state index contributed by atoms with van der Waals surface area (Å²) in [4.78, 5) is 25.8. The van der Waals surface area contributed by atoms with E-state index in [0.717, 1.165) is 11.1 Å². The number of rotatable bonds is 4. The Bertz CT molecular complexity index is 1020. The van der Waals surface area contributed by atoms with Gasteiger partial charge >= 0.3 is 0 Å². The lowest BCUT2D eigenvalue weighted by molar-refractivity contribution is 0.0929. The first kappa shape index (κ1) is 19.2. The monoisotopic (exact) mass is 402 g/mol. The van der Waals surface area contributed by atoms with E-state index in [2.05, 4.69) is 30.6 Å². The number of ether oxygens (including phenoxy) is 2. The summed E-state index contributed by atoms with van der Waals surface area (Å²) in [7, 11) is 5.70. The molecule has 30 heavy (non-hydrogen) atoms. The molecule has 1 saturated heterocycles. The third kappa shape index (κ3) is 2.77. The Hall–Kier alpha value is -2.73. The molecule has 2 aromatic carbocycles. The predicted molar refractivity (Wildman–Crippen MR) is 118 cm³/mol. The van der Waals surface area contributed by atoms with E-state index < -0.39 is 5.31 Å². The fourth-order valence-electron chi connectivity index (χ4n) is 4.95.